The third-order valence-corrected chi connectivity index (χ3v) is 6.86. The monoisotopic (exact) mass is 459 g/mol. The lowest BCUT2D eigenvalue weighted by Crippen LogP contribution is -2.23. The third kappa shape index (κ3) is 5.25. The first-order chi connectivity index (χ1) is 15.3. The van der Waals surface area contributed by atoms with Gasteiger partial charge in [-0.05, 0) is 43.7 Å². The molecular weight excluding hydrogens is 430 g/mol. The number of imidazole rings is 1. The lowest BCUT2D eigenvalue weighted by molar-refractivity contribution is -0.121. The summed E-state index contributed by atoms with van der Waals surface area (Å²) in [5, 5.41) is 2.91. The van der Waals surface area contributed by atoms with Gasteiger partial charge in [-0.3, -0.25) is 4.79 Å². The smallest absolute Gasteiger partial charge is 0.242 e. The van der Waals surface area contributed by atoms with Gasteiger partial charge in [-0.15, -0.1) is 0 Å². The van der Waals surface area contributed by atoms with Gasteiger partial charge in [0.1, 0.15) is 5.82 Å². The minimum atomic E-state index is -3.54. The number of amides is 1. The predicted molar refractivity (Wildman–Crippen MR) is 122 cm³/mol. The summed E-state index contributed by atoms with van der Waals surface area (Å²) in [4.78, 5) is 21.3. The first-order valence-electron chi connectivity index (χ1n) is 10.5. The maximum absolute atomic E-state index is 12.4. The molecule has 0 aliphatic heterocycles. The van der Waals surface area contributed by atoms with Crippen LogP contribution in [0.5, 0.6) is 5.88 Å². The summed E-state index contributed by atoms with van der Waals surface area (Å²) < 4.78 is 33.4. The molecule has 10 heteroatoms. The summed E-state index contributed by atoms with van der Waals surface area (Å²) in [6, 6.07) is 8.58. The minimum Gasteiger partial charge on any atom is -0.478 e. The molecular formula is C22H29N5O4S. The van der Waals surface area contributed by atoms with Gasteiger partial charge in [-0.25, -0.2) is 22.7 Å². The maximum Gasteiger partial charge on any atom is 0.242 e. The third-order valence-electron chi connectivity index (χ3n) is 5.05. The number of aryl methyl sites for hydroxylation is 2. The summed E-state index contributed by atoms with van der Waals surface area (Å²) in [5.41, 5.74) is 2.36. The van der Waals surface area contributed by atoms with Crippen LogP contribution in [0.1, 0.15) is 31.7 Å². The van der Waals surface area contributed by atoms with Crippen molar-refractivity contribution in [3.8, 4) is 5.88 Å². The van der Waals surface area contributed by atoms with Gasteiger partial charge in [0.2, 0.25) is 21.8 Å². The Kier molecular flexibility index (Phi) is 7.47. The van der Waals surface area contributed by atoms with Crippen LogP contribution in [-0.4, -0.2) is 53.9 Å². The Labute approximate surface area is 188 Å². The first kappa shape index (κ1) is 23.7. The van der Waals surface area contributed by atoms with Crippen LogP contribution in [0.15, 0.2) is 41.4 Å². The van der Waals surface area contributed by atoms with Gasteiger partial charge < -0.3 is 14.6 Å². The number of carbonyl (C=O) groups excluding carboxylic acids is 1. The number of fused-ring (bicyclic) bond motifs is 1. The van der Waals surface area contributed by atoms with Gasteiger partial charge in [-0.1, -0.05) is 0 Å². The topological polar surface area (TPSA) is 106 Å². The van der Waals surface area contributed by atoms with Crippen molar-refractivity contribution in [1.29, 1.82) is 0 Å². The average Bonchev–Trinajstić information content (AvgIpc) is 3.13. The molecule has 0 spiro atoms. The summed E-state index contributed by atoms with van der Waals surface area (Å²) in [6.45, 7) is 5.47. The van der Waals surface area contributed by atoms with Crippen molar-refractivity contribution in [2.75, 3.05) is 20.7 Å². The number of pyridine rings is 1. The van der Waals surface area contributed by atoms with Crippen molar-refractivity contribution in [2.45, 2.75) is 44.7 Å². The van der Waals surface area contributed by atoms with E-state index in [1.165, 1.54) is 18.4 Å². The highest BCUT2D eigenvalue weighted by Gasteiger charge is 2.19. The van der Waals surface area contributed by atoms with Gasteiger partial charge >= 0.3 is 0 Å². The molecule has 0 bridgehead atoms. The van der Waals surface area contributed by atoms with Crippen LogP contribution in [0.2, 0.25) is 0 Å². The summed E-state index contributed by atoms with van der Waals surface area (Å²) in [5.74, 6) is 1.19. The molecule has 172 valence electrons. The second-order valence-corrected chi connectivity index (χ2v) is 9.57. The molecule has 32 heavy (non-hydrogen) atoms. The van der Waals surface area contributed by atoms with E-state index in [9.17, 15) is 13.2 Å². The van der Waals surface area contributed by atoms with Gasteiger partial charge in [0.05, 0.1) is 22.5 Å². The van der Waals surface area contributed by atoms with Gasteiger partial charge in [0.15, 0.2) is 0 Å². The molecule has 1 N–H and O–H groups in total. The van der Waals surface area contributed by atoms with Crippen molar-refractivity contribution in [1.82, 2.24) is 24.2 Å². The minimum absolute atomic E-state index is 0.0923. The number of hydrogen-bond donors (Lipinski definition) is 1. The summed E-state index contributed by atoms with van der Waals surface area (Å²) in [7, 11) is -0.543. The molecule has 1 amide bonds. The van der Waals surface area contributed by atoms with E-state index >= 15 is 0 Å². The molecule has 0 saturated heterocycles. The Balaban J connectivity index is 1.69. The zero-order valence-electron chi connectivity index (χ0n) is 18.8. The fraction of sp³-hybridized carbons (Fsp3) is 0.409. The van der Waals surface area contributed by atoms with E-state index in [1.54, 1.807) is 30.5 Å². The van der Waals surface area contributed by atoms with E-state index in [1.807, 2.05) is 24.5 Å². The van der Waals surface area contributed by atoms with Crippen LogP contribution in [-0.2, 0) is 34.3 Å². The predicted octanol–water partition coefficient (Wildman–Crippen LogP) is 2.35. The van der Waals surface area contributed by atoms with Crippen LogP contribution < -0.4 is 10.1 Å². The van der Waals surface area contributed by atoms with Crippen LogP contribution in [0, 0.1) is 0 Å². The van der Waals surface area contributed by atoms with Gasteiger partial charge in [0.25, 0.3) is 0 Å². The Morgan fingerprint density at radius 2 is 1.97 bits per heavy atom. The van der Waals surface area contributed by atoms with Crippen molar-refractivity contribution >= 4 is 27.0 Å². The quantitative estimate of drug-likeness (QED) is 0.499. The first-order valence-corrected chi connectivity index (χ1v) is 12.0. The average molecular weight is 460 g/mol. The zero-order chi connectivity index (χ0) is 23.3. The van der Waals surface area contributed by atoms with Gasteiger partial charge in [-0.2, -0.15) is 0 Å². The SMILES string of the molecule is CCOc1cc(CNC(=O)CCc2nc3cc(S(=O)(=O)N(C)C)ccc3n2CC)ccn1. The molecule has 0 fully saturated rings. The standard InChI is InChI=1S/C22H29N5O4S/c1-5-27-19-8-7-17(32(29,30)26(3)4)14-18(19)25-20(27)9-10-21(28)24-15-16-11-12-23-22(13-16)31-6-2/h7-8,11-14H,5-6,9-10,15H2,1-4H3,(H,24,28). The largest absolute Gasteiger partial charge is 0.478 e. The van der Waals surface area contributed by atoms with E-state index in [4.69, 9.17) is 4.74 Å². The van der Waals surface area contributed by atoms with Crippen LogP contribution >= 0.6 is 0 Å². The van der Waals surface area contributed by atoms with E-state index in [0.717, 1.165) is 16.9 Å². The zero-order valence-corrected chi connectivity index (χ0v) is 19.6. The Hall–Kier alpha value is -2.98. The van der Waals surface area contributed by atoms with Crippen LogP contribution in [0.25, 0.3) is 11.0 Å². The number of carbonyl (C=O) groups is 1. The van der Waals surface area contributed by atoms with Gasteiger partial charge in [0, 0.05) is 52.3 Å². The molecule has 0 saturated carbocycles. The molecule has 0 aliphatic carbocycles. The number of rotatable bonds is 10. The van der Waals surface area contributed by atoms with E-state index in [2.05, 4.69) is 15.3 Å². The van der Waals surface area contributed by atoms with E-state index in [0.29, 0.717) is 37.5 Å². The molecule has 0 aliphatic rings. The maximum atomic E-state index is 12.4. The normalized spacial score (nSPS) is 11.8. The lowest BCUT2D eigenvalue weighted by Gasteiger charge is -2.11. The molecule has 9 nitrogen and oxygen atoms in total. The Morgan fingerprint density at radius 1 is 1.19 bits per heavy atom. The van der Waals surface area contributed by atoms with E-state index in [-0.39, 0.29) is 17.2 Å². The van der Waals surface area contributed by atoms with Crippen molar-refractivity contribution in [3.63, 3.8) is 0 Å². The summed E-state index contributed by atoms with van der Waals surface area (Å²) in [6.07, 6.45) is 2.38. The highest BCUT2D eigenvalue weighted by Crippen LogP contribution is 2.22. The molecule has 1 aromatic carbocycles. The highest BCUT2D eigenvalue weighted by atomic mass is 32.2. The molecule has 0 atom stereocenters. The number of nitrogens with one attached hydrogen (secondary N) is 1. The molecule has 2 aromatic heterocycles. The fourth-order valence-electron chi connectivity index (χ4n) is 3.38. The second-order valence-electron chi connectivity index (χ2n) is 7.42. The molecule has 0 radical (unpaired) electrons. The number of sulfonamides is 1. The number of nitrogens with zero attached hydrogens (tertiary/aromatic N) is 4. The summed E-state index contributed by atoms with van der Waals surface area (Å²) >= 11 is 0. The van der Waals surface area contributed by atoms with Crippen molar-refractivity contribution in [2.24, 2.45) is 0 Å². The van der Waals surface area contributed by atoms with Crippen LogP contribution in [0.3, 0.4) is 0 Å². The molecule has 3 aromatic rings. The molecule has 0 unspecified atom stereocenters. The van der Waals surface area contributed by atoms with Crippen molar-refractivity contribution < 1.29 is 17.9 Å². The van der Waals surface area contributed by atoms with E-state index < -0.39 is 10.0 Å². The highest BCUT2D eigenvalue weighted by molar-refractivity contribution is 7.89. The van der Waals surface area contributed by atoms with Crippen molar-refractivity contribution in [3.05, 3.63) is 47.9 Å². The lowest BCUT2D eigenvalue weighted by atomic mass is 10.2. The second kappa shape index (κ2) is 10.1. The molecule has 3 rings (SSSR count). The van der Waals surface area contributed by atoms with Crippen LogP contribution in [0.4, 0.5) is 0 Å². The molecule has 2 heterocycles. The fourth-order valence-corrected chi connectivity index (χ4v) is 4.30. The number of aromatic nitrogens is 3. The number of benzene rings is 1. The Bertz CT molecular complexity index is 1200. The Morgan fingerprint density at radius 3 is 2.66 bits per heavy atom. The number of hydrogen-bond acceptors (Lipinski definition) is 6. The number of ether oxygens (including phenoxy) is 1.